The van der Waals surface area contributed by atoms with Crippen LogP contribution in [0.25, 0.3) is 0 Å². The number of hydrogen-bond acceptors (Lipinski definition) is 5. The van der Waals surface area contributed by atoms with Crippen molar-refractivity contribution in [1.82, 2.24) is 4.90 Å². The van der Waals surface area contributed by atoms with Gasteiger partial charge in [-0.2, -0.15) is 0 Å². The molecule has 0 unspecified atom stereocenters. The number of fused-ring (bicyclic) bond motifs is 1. The fraction of sp³-hybridized carbons (Fsp3) is 0.480. The molecule has 2 N–H and O–H groups in total. The topological polar surface area (TPSA) is 64.8 Å². The number of hydrogen-bond donors (Lipinski definition) is 1. The predicted molar refractivity (Wildman–Crippen MR) is 124 cm³/mol. The van der Waals surface area contributed by atoms with Gasteiger partial charge < -0.3 is 20.1 Å². The van der Waals surface area contributed by atoms with Crippen LogP contribution in [0.1, 0.15) is 48.0 Å². The van der Waals surface area contributed by atoms with Crippen molar-refractivity contribution in [2.75, 3.05) is 38.6 Å². The van der Waals surface area contributed by atoms with Gasteiger partial charge in [0.25, 0.3) is 0 Å². The number of carbonyl (C=O) groups excluding carboxylic acids is 1. The molecule has 0 aromatic heterocycles. The summed E-state index contributed by atoms with van der Waals surface area (Å²) >= 11 is 6.21. The van der Waals surface area contributed by atoms with Gasteiger partial charge in [0.2, 0.25) is 0 Å². The molecule has 0 saturated carbocycles. The summed E-state index contributed by atoms with van der Waals surface area (Å²) in [7, 11) is 0. The van der Waals surface area contributed by atoms with E-state index >= 15 is 0 Å². The fourth-order valence-electron chi connectivity index (χ4n) is 4.53. The van der Waals surface area contributed by atoms with Gasteiger partial charge in [0.1, 0.15) is 19.0 Å². The third-order valence-corrected chi connectivity index (χ3v) is 6.75. The van der Waals surface area contributed by atoms with Gasteiger partial charge in [-0.25, -0.2) is 4.39 Å². The molecule has 2 aromatic carbocycles. The van der Waals surface area contributed by atoms with Crippen molar-refractivity contribution in [3.63, 3.8) is 0 Å². The number of ketones is 1. The number of nitrogen functional groups attached to an aromatic ring is 1. The first kappa shape index (κ1) is 22.9. The predicted octanol–water partition coefficient (Wildman–Crippen LogP) is 5.14. The van der Waals surface area contributed by atoms with Crippen molar-refractivity contribution in [3.8, 4) is 11.5 Å². The van der Waals surface area contributed by atoms with Gasteiger partial charge in [-0.15, -0.1) is 0 Å². The van der Waals surface area contributed by atoms with Crippen molar-refractivity contribution in [2.24, 2.45) is 5.92 Å². The summed E-state index contributed by atoms with van der Waals surface area (Å²) in [6.07, 6.45) is 5.56. The van der Waals surface area contributed by atoms with Crippen molar-refractivity contribution in [2.45, 2.75) is 38.5 Å². The van der Waals surface area contributed by atoms with Gasteiger partial charge in [-0.05, 0) is 81.4 Å². The minimum absolute atomic E-state index is 0.0235. The lowest BCUT2D eigenvalue weighted by Crippen LogP contribution is -2.34. The zero-order valence-corrected chi connectivity index (χ0v) is 19.0. The van der Waals surface area contributed by atoms with Gasteiger partial charge in [0, 0.05) is 6.42 Å². The van der Waals surface area contributed by atoms with E-state index < -0.39 is 0 Å². The number of Topliss-reactive ketones (excluding diaryl/α,β-unsaturated/α-hetero) is 1. The summed E-state index contributed by atoms with van der Waals surface area (Å²) in [6.45, 7) is 3.96. The highest BCUT2D eigenvalue weighted by molar-refractivity contribution is 6.34. The highest BCUT2D eigenvalue weighted by Crippen LogP contribution is 2.44. The number of rotatable bonds is 8. The third kappa shape index (κ3) is 5.54. The molecule has 5 nitrogen and oxygen atoms in total. The number of aryl methyl sites for hydroxylation is 1. The largest absolute Gasteiger partial charge is 0.485 e. The number of piperidine rings is 1. The zero-order valence-electron chi connectivity index (χ0n) is 18.2. The van der Waals surface area contributed by atoms with Crippen LogP contribution in [0.15, 0.2) is 30.3 Å². The van der Waals surface area contributed by atoms with E-state index in [0.29, 0.717) is 53.3 Å². The van der Waals surface area contributed by atoms with Crippen LogP contribution in [-0.4, -0.2) is 43.5 Å². The maximum Gasteiger partial charge on any atom is 0.186 e. The van der Waals surface area contributed by atoms with E-state index in [1.54, 1.807) is 6.07 Å². The van der Waals surface area contributed by atoms with Crippen LogP contribution in [-0.2, 0) is 6.42 Å². The second-order valence-corrected chi connectivity index (χ2v) is 9.06. The average Bonchev–Trinajstić information content (AvgIpc) is 2.82. The molecular weight excluding hydrogens is 431 g/mol. The number of benzene rings is 2. The standard InChI is InChI=1S/C25H30ClFN2O3/c26-21-16-20(24-25(23(21)28)32-15-14-31-24)22(30)8-5-18-9-12-29(13-10-18)11-1-2-17-3-6-19(27)7-4-17/h3-4,6-7,16,18H,1-2,5,8-15,28H2. The Balaban J connectivity index is 1.22. The van der Waals surface area contributed by atoms with E-state index in [-0.39, 0.29) is 11.6 Å². The first-order valence-electron chi connectivity index (χ1n) is 11.4. The number of halogens is 2. The van der Waals surface area contributed by atoms with Crippen molar-refractivity contribution < 1.29 is 18.7 Å². The second kappa shape index (κ2) is 10.5. The van der Waals surface area contributed by atoms with Crippen LogP contribution in [0.5, 0.6) is 11.5 Å². The van der Waals surface area contributed by atoms with Gasteiger partial charge >= 0.3 is 0 Å². The number of ether oxygens (including phenoxy) is 2. The Morgan fingerprint density at radius 3 is 2.53 bits per heavy atom. The number of nitrogens with two attached hydrogens (primary N) is 1. The number of anilines is 1. The Bertz CT molecular complexity index is 943. The van der Waals surface area contributed by atoms with Crippen LogP contribution < -0.4 is 15.2 Å². The van der Waals surface area contributed by atoms with Gasteiger partial charge in [0.05, 0.1) is 16.3 Å². The Morgan fingerprint density at radius 2 is 1.81 bits per heavy atom. The molecule has 0 amide bonds. The SMILES string of the molecule is Nc1c(Cl)cc(C(=O)CCC2CCN(CCCc3ccc(F)cc3)CC2)c2c1OCCO2. The molecule has 2 aliphatic heterocycles. The van der Waals surface area contributed by atoms with Crippen molar-refractivity contribution in [3.05, 3.63) is 52.3 Å². The molecule has 2 heterocycles. The van der Waals surface area contributed by atoms with Crippen molar-refractivity contribution >= 4 is 23.1 Å². The molecule has 172 valence electrons. The Labute approximate surface area is 193 Å². The molecule has 1 fully saturated rings. The number of likely N-dealkylation sites (tertiary alicyclic amines) is 1. The monoisotopic (exact) mass is 460 g/mol. The van der Waals surface area contributed by atoms with Gasteiger partial charge in [-0.1, -0.05) is 23.7 Å². The summed E-state index contributed by atoms with van der Waals surface area (Å²) in [4.78, 5) is 15.4. The van der Waals surface area contributed by atoms with Crippen LogP contribution in [0.4, 0.5) is 10.1 Å². The first-order chi connectivity index (χ1) is 15.5. The molecule has 0 radical (unpaired) electrons. The highest BCUT2D eigenvalue weighted by Gasteiger charge is 2.26. The van der Waals surface area contributed by atoms with Crippen LogP contribution in [0, 0.1) is 11.7 Å². The smallest absolute Gasteiger partial charge is 0.186 e. The fourth-order valence-corrected chi connectivity index (χ4v) is 4.73. The third-order valence-electron chi connectivity index (χ3n) is 6.44. The summed E-state index contributed by atoms with van der Waals surface area (Å²) in [6, 6.07) is 8.38. The van der Waals surface area contributed by atoms with Crippen LogP contribution >= 0.6 is 11.6 Å². The molecule has 0 aliphatic carbocycles. The van der Waals surface area contributed by atoms with E-state index in [0.717, 1.165) is 51.7 Å². The Kier molecular flexibility index (Phi) is 7.53. The molecule has 2 aliphatic rings. The minimum atomic E-state index is -0.186. The van der Waals surface area contributed by atoms with Gasteiger partial charge in [-0.3, -0.25) is 4.79 Å². The molecule has 0 atom stereocenters. The normalized spacial score (nSPS) is 16.8. The number of nitrogens with zero attached hydrogens (tertiary/aromatic N) is 1. The van der Waals surface area contributed by atoms with E-state index in [9.17, 15) is 9.18 Å². The lowest BCUT2D eigenvalue weighted by Gasteiger charge is -2.32. The van der Waals surface area contributed by atoms with Crippen LogP contribution in [0.2, 0.25) is 5.02 Å². The maximum atomic E-state index is 13.0. The summed E-state index contributed by atoms with van der Waals surface area (Å²) < 4.78 is 24.3. The van der Waals surface area contributed by atoms with E-state index in [2.05, 4.69) is 4.90 Å². The van der Waals surface area contributed by atoms with Crippen LogP contribution in [0.3, 0.4) is 0 Å². The molecule has 2 aromatic rings. The lowest BCUT2D eigenvalue weighted by atomic mass is 9.90. The molecule has 0 spiro atoms. The average molecular weight is 461 g/mol. The number of carbonyl (C=O) groups is 1. The Hall–Kier alpha value is -2.31. The van der Waals surface area contributed by atoms with E-state index in [1.807, 2.05) is 12.1 Å². The highest BCUT2D eigenvalue weighted by atomic mass is 35.5. The maximum absolute atomic E-state index is 13.0. The molecule has 1 saturated heterocycles. The molecule has 0 bridgehead atoms. The summed E-state index contributed by atoms with van der Waals surface area (Å²) in [5, 5.41) is 0.326. The molecular formula is C25H30ClFN2O3. The minimum Gasteiger partial charge on any atom is -0.485 e. The Morgan fingerprint density at radius 1 is 1.12 bits per heavy atom. The lowest BCUT2D eigenvalue weighted by molar-refractivity contribution is 0.0951. The van der Waals surface area contributed by atoms with Gasteiger partial charge in [0.15, 0.2) is 17.3 Å². The van der Waals surface area contributed by atoms with E-state index in [1.165, 1.54) is 17.7 Å². The first-order valence-corrected chi connectivity index (χ1v) is 11.8. The summed E-state index contributed by atoms with van der Waals surface area (Å²) in [5.74, 6) is 1.20. The molecule has 4 rings (SSSR count). The molecule has 7 heteroatoms. The van der Waals surface area contributed by atoms with E-state index in [4.69, 9.17) is 26.8 Å². The zero-order chi connectivity index (χ0) is 22.5. The summed E-state index contributed by atoms with van der Waals surface area (Å²) in [5.41, 5.74) is 7.96. The van der Waals surface area contributed by atoms with Crippen molar-refractivity contribution in [1.29, 1.82) is 0 Å². The second-order valence-electron chi connectivity index (χ2n) is 8.65. The quantitative estimate of drug-likeness (QED) is 0.436. The molecule has 32 heavy (non-hydrogen) atoms.